The third-order valence-electron chi connectivity index (χ3n) is 3.55. The molecular weight excluding hydrogens is 316 g/mol. The summed E-state index contributed by atoms with van der Waals surface area (Å²) in [7, 11) is 4.02. The minimum absolute atomic E-state index is 0.0919. The van der Waals surface area contributed by atoms with E-state index in [1.807, 2.05) is 49.8 Å². The largest absolute Gasteiger partial charge is 0.354 e. The Bertz CT molecular complexity index is 581. The van der Waals surface area contributed by atoms with E-state index in [4.69, 9.17) is 11.6 Å². The maximum atomic E-state index is 12.0. The first-order valence-corrected chi connectivity index (χ1v) is 8.53. The van der Waals surface area contributed by atoms with E-state index in [0.717, 1.165) is 17.0 Å². The molecule has 2 aromatic rings. The summed E-state index contributed by atoms with van der Waals surface area (Å²) in [4.78, 5) is 15.4. The molecule has 5 heteroatoms. The molecule has 2 rings (SSSR count). The van der Waals surface area contributed by atoms with Gasteiger partial charge in [0, 0.05) is 22.9 Å². The van der Waals surface area contributed by atoms with Crippen LogP contribution in [0.3, 0.4) is 0 Å². The number of nitrogens with zero attached hydrogens (tertiary/aromatic N) is 1. The molecule has 22 heavy (non-hydrogen) atoms. The average molecular weight is 337 g/mol. The van der Waals surface area contributed by atoms with Gasteiger partial charge in [0.15, 0.2) is 0 Å². The first-order valence-electron chi connectivity index (χ1n) is 7.27. The summed E-state index contributed by atoms with van der Waals surface area (Å²) >= 11 is 7.62. The van der Waals surface area contributed by atoms with Crippen molar-refractivity contribution in [3.8, 4) is 0 Å². The lowest BCUT2D eigenvalue weighted by Gasteiger charge is -2.25. The summed E-state index contributed by atoms with van der Waals surface area (Å²) < 4.78 is 0. The minimum Gasteiger partial charge on any atom is -0.354 e. The van der Waals surface area contributed by atoms with Crippen molar-refractivity contribution in [1.29, 1.82) is 0 Å². The normalized spacial score (nSPS) is 12.4. The number of halogens is 1. The Labute approximate surface area is 140 Å². The van der Waals surface area contributed by atoms with Gasteiger partial charge in [-0.2, -0.15) is 0 Å². The molecule has 0 radical (unpaired) electrons. The lowest BCUT2D eigenvalue weighted by molar-refractivity contribution is -0.121. The van der Waals surface area contributed by atoms with Crippen LogP contribution in [0.25, 0.3) is 0 Å². The van der Waals surface area contributed by atoms with Crippen molar-refractivity contribution in [3.05, 3.63) is 57.2 Å². The van der Waals surface area contributed by atoms with Crippen LogP contribution in [0.1, 0.15) is 22.9 Å². The first-order chi connectivity index (χ1) is 10.6. The van der Waals surface area contributed by atoms with Gasteiger partial charge in [-0.3, -0.25) is 4.79 Å². The van der Waals surface area contributed by atoms with Crippen molar-refractivity contribution in [2.45, 2.75) is 18.9 Å². The predicted octanol–water partition coefficient (Wildman–Crippen LogP) is 3.75. The Morgan fingerprint density at radius 3 is 2.59 bits per heavy atom. The van der Waals surface area contributed by atoms with Crippen LogP contribution in [0, 0.1) is 0 Å². The zero-order valence-electron chi connectivity index (χ0n) is 12.9. The Morgan fingerprint density at radius 2 is 2.00 bits per heavy atom. The second-order valence-corrected chi connectivity index (χ2v) is 6.88. The molecular formula is C17H21ClN2OS. The molecule has 1 heterocycles. The molecule has 0 aliphatic rings. The van der Waals surface area contributed by atoms with E-state index in [0.29, 0.717) is 13.0 Å². The maximum Gasteiger partial charge on any atom is 0.220 e. The Hall–Kier alpha value is -1.36. The highest BCUT2D eigenvalue weighted by atomic mass is 35.5. The molecule has 3 nitrogen and oxygen atoms in total. The second-order valence-electron chi connectivity index (χ2n) is 5.41. The zero-order valence-corrected chi connectivity index (χ0v) is 14.5. The number of rotatable bonds is 7. The van der Waals surface area contributed by atoms with Gasteiger partial charge < -0.3 is 10.2 Å². The van der Waals surface area contributed by atoms with Crippen molar-refractivity contribution < 1.29 is 4.79 Å². The molecule has 1 aromatic carbocycles. The van der Waals surface area contributed by atoms with E-state index in [2.05, 4.69) is 16.3 Å². The molecule has 1 amide bonds. The fraction of sp³-hybridized carbons (Fsp3) is 0.353. The van der Waals surface area contributed by atoms with Crippen molar-refractivity contribution in [2.75, 3.05) is 20.6 Å². The van der Waals surface area contributed by atoms with Gasteiger partial charge in [0.05, 0.1) is 6.04 Å². The van der Waals surface area contributed by atoms with E-state index in [-0.39, 0.29) is 11.9 Å². The van der Waals surface area contributed by atoms with E-state index >= 15 is 0 Å². The van der Waals surface area contributed by atoms with E-state index in [9.17, 15) is 4.79 Å². The summed E-state index contributed by atoms with van der Waals surface area (Å²) in [5.41, 5.74) is 1.15. The molecule has 1 atom stereocenters. The maximum absolute atomic E-state index is 12.0. The van der Waals surface area contributed by atoms with Crippen LogP contribution in [-0.2, 0) is 11.2 Å². The van der Waals surface area contributed by atoms with Crippen LogP contribution in [0.15, 0.2) is 41.8 Å². The average Bonchev–Trinajstić information content (AvgIpc) is 3.00. The topological polar surface area (TPSA) is 32.3 Å². The van der Waals surface area contributed by atoms with Crippen molar-refractivity contribution in [2.24, 2.45) is 0 Å². The van der Waals surface area contributed by atoms with Crippen LogP contribution in [0.2, 0.25) is 5.02 Å². The van der Waals surface area contributed by atoms with Crippen molar-refractivity contribution in [3.63, 3.8) is 0 Å². The van der Waals surface area contributed by atoms with Gasteiger partial charge in [0.1, 0.15) is 0 Å². The smallest absolute Gasteiger partial charge is 0.220 e. The van der Waals surface area contributed by atoms with E-state index in [1.165, 1.54) is 4.88 Å². The molecule has 1 N–H and O–H groups in total. The first kappa shape index (κ1) is 17.0. The number of amides is 1. The van der Waals surface area contributed by atoms with Crippen LogP contribution in [0.4, 0.5) is 0 Å². The van der Waals surface area contributed by atoms with E-state index in [1.54, 1.807) is 11.3 Å². The summed E-state index contributed by atoms with van der Waals surface area (Å²) in [5.74, 6) is 0.0919. The number of carbonyl (C=O) groups excluding carboxylic acids is 1. The predicted molar refractivity (Wildman–Crippen MR) is 93.5 cm³/mol. The summed E-state index contributed by atoms with van der Waals surface area (Å²) in [6.07, 6.45) is 1.33. The number of aryl methyl sites for hydroxylation is 1. The van der Waals surface area contributed by atoms with Gasteiger partial charge in [-0.25, -0.2) is 0 Å². The minimum atomic E-state index is 0.0919. The highest BCUT2D eigenvalue weighted by Crippen LogP contribution is 2.20. The number of benzene rings is 1. The lowest BCUT2D eigenvalue weighted by atomic mass is 10.1. The third-order valence-corrected chi connectivity index (χ3v) is 4.74. The van der Waals surface area contributed by atoms with Gasteiger partial charge in [0.2, 0.25) is 5.91 Å². The second kappa shape index (κ2) is 8.32. The van der Waals surface area contributed by atoms with Gasteiger partial charge in [-0.05, 0) is 49.7 Å². The highest BCUT2D eigenvalue weighted by Gasteiger charge is 2.15. The van der Waals surface area contributed by atoms with Crippen LogP contribution in [-0.4, -0.2) is 31.4 Å². The number of nitrogens with one attached hydrogen (secondary N) is 1. The third kappa shape index (κ3) is 5.13. The van der Waals surface area contributed by atoms with Crippen molar-refractivity contribution >= 4 is 28.8 Å². The Balaban J connectivity index is 1.86. The van der Waals surface area contributed by atoms with Gasteiger partial charge >= 0.3 is 0 Å². The van der Waals surface area contributed by atoms with Gasteiger partial charge in [-0.15, -0.1) is 11.3 Å². The standard InChI is InChI=1S/C17H21ClN2OS/c1-20(2)16(13-5-7-14(18)8-6-13)12-19-17(21)10-9-15-4-3-11-22-15/h3-8,11,16H,9-10,12H2,1-2H3,(H,19,21). The fourth-order valence-corrected chi connectivity index (χ4v) is 3.11. The van der Waals surface area contributed by atoms with Crippen molar-refractivity contribution in [1.82, 2.24) is 10.2 Å². The van der Waals surface area contributed by atoms with Gasteiger partial charge in [0.25, 0.3) is 0 Å². The summed E-state index contributed by atoms with van der Waals surface area (Å²) in [5, 5.41) is 5.79. The SMILES string of the molecule is CN(C)C(CNC(=O)CCc1cccs1)c1ccc(Cl)cc1. The van der Waals surface area contributed by atoms with Crippen LogP contribution >= 0.6 is 22.9 Å². The summed E-state index contributed by atoms with van der Waals surface area (Å²) in [6, 6.07) is 12.0. The summed E-state index contributed by atoms with van der Waals surface area (Å²) in [6.45, 7) is 0.595. The molecule has 0 aliphatic heterocycles. The molecule has 0 fully saturated rings. The molecule has 118 valence electrons. The zero-order chi connectivity index (χ0) is 15.9. The number of likely N-dealkylation sites (N-methyl/N-ethyl adjacent to an activating group) is 1. The molecule has 0 saturated heterocycles. The monoisotopic (exact) mass is 336 g/mol. The van der Waals surface area contributed by atoms with Crippen LogP contribution < -0.4 is 5.32 Å². The molecule has 0 aliphatic carbocycles. The van der Waals surface area contributed by atoms with Crippen LogP contribution in [0.5, 0.6) is 0 Å². The molecule has 1 unspecified atom stereocenters. The molecule has 0 bridgehead atoms. The Kier molecular flexibility index (Phi) is 6.43. The van der Waals surface area contributed by atoms with E-state index < -0.39 is 0 Å². The lowest BCUT2D eigenvalue weighted by Crippen LogP contribution is -2.34. The number of hydrogen-bond donors (Lipinski definition) is 1. The Morgan fingerprint density at radius 1 is 1.27 bits per heavy atom. The molecule has 1 aromatic heterocycles. The fourth-order valence-electron chi connectivity index (χ4n) is 2.27. The molecule has 0 saturated carbocycles. The number of hydrogen-bond acceptors (Lipinski definition) is 3. The molecule has 0 spiro atoms. The van der Waals surface area contributed by atoms with Gasteiger partial charge in [-0.1, -0.05) is 29.8 Å². The number of thiophene rings is 1. The number of carbonyl (C=O) groups is 1. The highest BCUT2D eigenvalue weighted by molar-refractivity contribution is 7.09. The quantitative estimate of drug-likeness (QED) is 0.835.